The summed E-state index contributed by atoms with van der Waals surface area (Å²) in [6, 6.07) is 9.06. The molecule has 1 heterocycles. The van der Waals surface area contributed by atoms with Crippen LogP contribution in [0.1, 0.15) is 18.4 Å². The van der Waals surface area contributed by atoms with Crippen molar-refractivity contribution < 1.29 is 0 Å². The molecule has 2 aromatic rings. The minimum Gasteiger partial charge on any atom is -0.361 e. The standard InChI is InChI=1S/C12H12N2/c1-2-10-5-6-13-12(10)7-9(1)8-14-11-3-4-11/h1-2,5-8,11,13H,3-4H2. The summed E-state index contributed by atoms with van der Waals surface area (Å²) in [4.78, 5) is 7.66. The zero-order valence-electron chi connectivity index (χ0n) is 7.90. The van der Waals surface area contributed by atoms with Crippen molar-refractivity contribution in [1.29, 1.82) is 0 Å². The van der Waals surface area contributed by atoms with E-state index < -0.39 is 0 Å². The van der Waals surface area contributed by atoms with Crippen LogP contribution in [0.3, 0.4) is 0 Å². The average molecular weight is 184 g/mol. The largest absolute Gasteiger partial charge is 0.361 e. The smallest absolute Gasteiger partial charge is 0.0501 e. The highest BCUT2D eigenvalue weighted by molar-refractivity contribution is 5.88. The van der Waals surface area contributed by atoms with E-state index in [0.717, 1.165) is 0 Å². The number of fused-ring (bicyclic) bond motifs is 1. The third-order valence-electron chi connectivity index (χ3n) is 2.56. The summed E-state index contributed by atoms with van der Waals surface area (Å²) in [5.41, 5.74) is 2.37. The Labute approximate surface area is 82.7 Å². The van der Waals surface area contributed by atoms with Gasteiger partial charge in [-0.25, -0.2) is 0 Å². The summed E-state index contributed by atoms with van der Waals surface area (Å²) in [5.74, 6) is 0. The summed E-state index contributed by atoms with van der Waals surface area (Å²) in [5, 5.41) is 1.26. The highest BCUT2D eigenvalue weighted by atomic mass is 14.8. The minimum absolute atomic E-state index is 0.606. The van der Waals surface area contributed by atoms with E-state index in [9.17, 15) is 0 Å². The molecule has 70 valence electrons. The summed E-state index contributed by atoms with van der Waals surface area (Å²) >= 11 is 0. The molecule has 1 fully saturated rings. The number of hydrogen-bond donors (Lipinski definition) is 1. The predicted octanol–water partition coefficient (Wildman–Crippen LogP) is 2.75. The molecule has 1 aromatic carbocycles. The number of nitrogens with zero attached hydrogens (tertiary/aromatic N) is 1. The van der Waals surface area contributed by atoms with Crippen LogP contribution in [-0.2, 0) is 0 Å². The maximum Gasteiger partial charge on any atom is 0.0501 e. The van der Waals surface area contributed by atoms with E-state index in [-0.39, 0.29) is 0 Å². The number of aromatic amines is 1. The van der Waals surface area contributed by atoms with Gasteiger partial charge in [0.25, 0.3) is 0 Å². The SMILES string of the molecule is C(=NC1CC1)c1ccc2cc[nH]c2c1. The number of benzene rings is 1. The lowest BCUT2D eigenvalue weighted by atomic mass is 10.2. The third-order valence-corrected chi connectivity index (χ3v) is 2.56. The van der Waals surface area contributed by atoms with Crippen LogP contribution in [0.25, 0.3) is 10.9 Å². The van der Waals surface area contributed by atoms with Crippen LogP contribution >= 0.6 is 0 Å². The first-order valence-electron chi connectivity index (χ1n) is 5.02. The van der Waals surface area contributed by atoms with Gasteiger partial charge in [-0.15, -0.1) is 0 Å². The van der Waals surface area contributed by atoms with Crippen LogP contribution in [0, 0.1) is 0 Å². The van der Waals surface area contributed by atoms with E-state index in [2.05, 4.69) is 34.2 Å². The first kappa shape index (κ1) is 7.80. The quantitative estimate of drug-likeness (QED) is 0.695. The molecule has 1 aliphatic carbocycles. The molecule has 0 radical (unpaired) electrons. The van der Waals surface area contributed by atoms with Crippen molar-refractivity contribution in [2.75, 3.05) is 0 Å². The second kappa shape index (κ2) is 2.98. The summed E-state index contributed by atoms with van der Waals surface area (Å²) in [7, 11) is 0. The fraction of sp³-hybridized carbons (Fsp3) is 0.250. The molecule has 0 aliphatic heterocycles. The summed E-state index contributed by atoms with van der Waals surface area (Å²) in [6.45, 7) is 0. The van der Waals surface area contributed by atoms with Gasteiger partial charge in [-0.2, -0.15) is 0 Å². The van der Waals surface area contributed by atoms with Gasteiger partial charge >= 0.3 is 0 Å². The molecule has 0 unspecified atom stereocenters. The molecule has 14 heavy (non-hydrogen) atoms. The molecule has 3 rings (SSSR count). The van der Waals surface area contributed by atoms with Gasteiger partial charge in [0.2, 0.25) is 0 Å². The summed E-state index contributed by atoms with van der Waals surface area (Å²) < 4.78 is 0. The Morgan fingerprint density at radius 2 is 2.21 bits per heavy atom. The fourth-order valence-corrected chi connectivity index (χ4v) is 1.56. The Morgan fingerprint density at radius 3 is 3.07 bits per heavy atom. The molecule has 2 nitrogen and oxygen atoms in total. The number of aromatic nitrogens is 1. The summed E-state index contributed by atoms with van der Waals surface area (Å²) in [6.07, 6.45) is 6.48. The zero-order chi connectivity index (χ0) is 9.38. The monoisotopic (exact) mass is 184 g/mol. The van der Waals surface area contributed by atoms with Crippen molar-refractivity contribution in [2.45, 2.75) is 18.9 Å². The van der Waals surface area contributed by atoms with Gasteiger partial charge < -0.3 is 4.98 Å². The number of rotatable bonds is 2. The van der Waals surface area contributed by atoms with Crippen molar-refractivity contribution >= 4 is 17.1 Å². The first-order valence-corrected chi connectivity index (χ1v) is 5.02. The maximum absolute atomic E-state index is 4.46. The van der Waals surface area contributed by atoms with E-state index in [4.69, 9.17) is 0 Å². The van der Waals surface area contributed by atoms with Crippen molar-refractivity contribution in [2.24, 2.45) is 4.99 Å². The molecule has 0 atom stereocenters. The molecule has 1 aliphatic rings. The van der Waals surface area contributed by atoms with Gasteiger partial charge in [-0.1, -0.05) is 12.1 Å². The number of aliphatic imine (C=N–C) groups is 1. The van der Waals surface area contributed by atoms with Gasteiger partial charge in [0.1, 0.15) is 0 Å². The predicted molar refractivity (Wildman–Crippen MR) is 58.9 cm³/mol. The van der Waals surface area contributed by atoms with Crippen LogP contribution in [-0.4, -0.2) is 17.2 Å². The van der Waals surface area contributed by atoms with Gasteiger partial charge in [0.15, 0.2) is 0 Å². The number of H-pyrrole nitrogens is 1. The Hall–Kier alpha value is -1.57. The lowest BCUT2D eigenvalue weighted by molar-refractivity contribution is 1.08. The minimum atomic E-state index is 0.606. The lowest BCUT2D eigenvalue weighted by Crippen LogP contribution is -1.83. The molecule has 0 saturated heterocycles. The normalized spacial score (nSPS) is 16.9. The van der Waals surface area contributed by atoms with Gasteiger partial charge in [-0.3, -0.25) is 4.99 Å². The molecule has 0 amide bonds. The number of nitrogens with one attached hydrogen (secondary N) is 1. The van der Waals surface area contributed by atoms with Crippen LogP contribution in [0.5, 0.6) is 0 Å². The van der Waals surface area contributed by atoms with E-state index in [1.54, 1.807) is 0 Å². The fourth-order valence-electron chi connectivity index (χ4n) is 1.56. The van der Waals surface area contributed by atoms with Crippen LogP contribution in [0.15, 0.2) is 35.5 Å². The van der Waals surface area contributed by atoms with Crippen LogP contribution in [0.4, 0.5) is 0 Å². The second-order valence-corrected chi connectivity index (χ2v) is 3.83. The van der Waals surface area contributed by atoms with E-state index in [1.807, 2.05) is 12.4 Å². The highest BCUT2D eigenvalue weighted by Gasteiger charge is 2.18. The van der Waals surface area contributed by atoms with Crippen molar-refractivity contribution in [3.05, 3.63) is 36.0 Å². The van der Waals surface area contributed by atoms with Crippen molar-refractivity contribution in [3.8, 4) is 0 Å². The molecule has 1 aromatic heterocycles. The first-order chi connectivity index (χ1) is 6.92. The Kier molecular flexibility index (Phi) is 1.66. The van der Waals surface area contributed by atoms with Gasteiger partial charge in [0.05, 0.1) is 6.04 Å². The molecular weight excluding hydrogens is 172 g/mol. The molecule has 1 N–H and O–H groups in total. The molecule has 2 heteroatoms. The maximum atomic E-state index is 4.46. The lowest BCUT2D eigenvalue weighted by Gasteiger charge is -1.93. The van der Waals surface area contributed by atoms with Crippen molar-refractivity contribution in [1.82, 2.24) is 4.98 Å². The van der Waals surface area contributed by atoms with E-state index in [1.165, 1.54) is 29.3 Å². The Balaban J connectivity index is 1.95. The van der Waals surface area contributed by atoms with Gasteiger partial charge in [0, 0.05) is 17.9 Å². The van der Waals surface area contributed by atoms with E-state index in [0.29, 0.717) is 6.04 Å². The van der Waals surface area contributed by atoms with Crippen LogP contribution < -0.4 is 0 Å². The topological polar surface area (TPSA) is 28.1 Å². The molecule has 0 spiro atoms. The average Bonchev–Trinajstić information content (AvgIpc) is 2.92. The van der Waals surface area contributed by atoms with Crippen LogP contribution in [0.2, 0.25) is 0 Å². The van der Waals surface area contributed by atoms with Gasteiger partial charge in [-0.05, 0) is 35.9 Å². The molecule has 1 saturated carbocycles. The molecular formula is C12H12N2. The van der Waals surface area contributed by atoms with Crippen molar-refractivity contribution in [3.63, 3.8) is 0 Å². The Morgan fingerprint density at radius 1 is 1.29 bits per heavy atom. The third kappa shape index (κ3) is 1.43. The Bertz CT molecular complexity index is 478. The highest BCUT2D eigenvalue weighted by Crippen LogP contribution is 2.23. The zero-order valence-corrected chi connectivity index (χ0v) is 7.90. The van der Waals surface area contributed by atoms with E-state index >= 15 is 0 Å². The molecule has 0 bridgehead atoms. The second-order valence-electron chi connectivity index (χ2n) is 3.83. The number of hydrogen-bond acceptors (Lipinski definition) is 1.